The number of carbonyl (C=O) groups is 1. The van der Waals surface area contributed by atoms with Crippen molar-refractivity contribution in [2.45, 2.75) is 71.8 Å². The fourth-order valence-electron chi connectivity index (χ4n) is 4.26. The highest BCUT2D eigenvalue weighted by atomic mass is 16.2. The lowest BCUT2D eigenvalue weighted by atomic mass is 9.85. The third-order valence-electron chi connectivity index (χ3n) is 5.97. The number of hydrogen-bond donors (Lipinski definition) is 0. The summed E-state index contributed by atoms with van der Waals surface area (Å²) < 4.78 is 0. The molecule has 0 spiro atoms. The maximum Gasteiger partial charge on any atom is 0.243 e. The van der Waals surface area contributed by atoms with E-state index in [1.165, 1.54) is 16.7 Å². The van der Waals surface area contributed by atoms with E-state index < -0.39 is 0 Å². The van der Waals surface area contributed by atoms with Gasteiger partial charge in [-0.05, 0) is 50.7 Å². The second-order valence-corrected chi connectivity index (χ2v) is 8.08. The van der Waals surface area contributed by atoms with Crippen LogP contribution >= 0.6 is 0 Å². The van der Waals surface area contributed by atoms with Crippen molar-refractivity contribution in [3.63, 3.8) is 0 Å². The SMILES string of the molecule is CCC1(CC)CC(c2cc(C)cc(C)c2)=NN1C(=O)CCCc1ccccc1. The number of hydrogen-bond acceptors (Lipinski definition) is 2. The van der Waals surface area contributed by atoms with Crippen molar-refractivity contribution in [3.05, 3.63) is 70.8 Å². The highest BCUT2D eigenvalue weighted by Gasteiger charge is 2.43. The first-order valence-electron chi connectivity index (χ1n) is 10.5. The summed E-state index contributed by atoms with van der Waals surface area (Å²) in [5.74, 6) is 0.152. The number of amides is 1. The van der Waals surface area contributed by atoms with E-state index in [2.05, 4.69) is 70.2 Å². The van der Waals surface area contributed by atoms with E-state index in [1.807, 2.05) is 11.1 Å². The van der Waals surface area contributed by atoms with Gasteiger partial charge in [-0.2, -0.15) is 5.10 Å². The summed E-state index contributed by atoms with van der Waals surface area (Å²) in [7, 11) is 0. The van der Waals surface area contributed by atoms with E-state index in [0.717, 1.165) is 43.4 Å². The monoisotopic (exact) mass is 376 g/mol. The average molecular weight is 377 g/mol. The standard InChI is InChI=1S/C25H32N2O/c1-5-25(6-2)18-23(22-16-19(3)15-20(4)17-22)26-27(25)24(28)14-10-13-21-11-8-7-9-12-21/h7-9,11-12,15-17H,5-6,10,13-14,18H2,1-4H3. The molecule has 3 rings (SSSR count). The van der Waals surface area contributed by atoms with Gasteiger partial charge in [0.25, 0.3) is 0 Å². The molecule has 0 unspecified atom stereocenters. The van der Waals surface area contributed by atoms with Gasteiger partial charge in [0.15, 0.2) is 0 Å². The molecule has 0 fully saturated rings. The van der Waals surface area contributed by atoms with Gasteiger partial charge in [0.05, 0.1) is 11.3 Å². The maximum atomic E-state index is 13.1. The van der Waals surface area contributed by atoms with Gasteiger partial charge in [-0.3, -0.25) is 4.79 Å². The van der Waals surface area contributed by atoms with Crippen molar-refractivity contribution in [3.8, 4) is 0 Å². The predicted molar refractivity (Wildman–Crippen MR) is 117 cm³/mol. The fraction of sp³-hybridized carbons (Fsp3) is 0.440. The zero-order chi connectivity index (χ0) is 20.1. The van der Waals surface area contributed by atoms with Gasteiger partial charge in [0, 0.05) is 12.8 Å². The number of nitrogens with zero attached hydrogens (tertiary/aromatic N) is 2. The average Bonchev–Trinajstić information content (AvgIpc) is 3.08. The molecule has 0 N–H and O–H groups in total. The quantitative estimate of drug-likeness (QED) is 0.599. The zero-order valence-corrected chi connectivity index (χ0v) is 17.7. The second-order valence-electron chi connectivity index (χ2n) is 8.08. The van der Waals surface area contributed by atoms with Crippen molar-refractivity contribution in [2.75, 3.05) is 0 Å². The fourth-order valence-corrected chi connectivity index (χ4v) is 4.26. The molecule has 0 atom stereocenters. The van der Waals surface area contributed by atoms with Crippen LogP contribution in [-0.4, -0.2) is 22.2 Å². The summed E-state index contributed by atoms with van der Waals surface area (Å²) in [6.45, 7) is 8.58. The molecule has 2 aromatic carbocycles. The van der Waals surface area contributed by atoms with Gasteiger partial charge in [-0.25, -0.2) is 5.01 Å². The van der Waals surface area contributed by atoms with E-state index in [1.54, 1.807) is 0 Å². The van der Waals surface area contributed by atoms with Crippen molar-refractivity contribution in [1.82, 2.24) is 5.01 Å². The van der Waals surface area contributed by atoms with Gasteiger partial charge in [0.2, 0.25) is 5.91 Å². The first kappa shape index (κ1) is 20.3. The van der Waals surface area contributed by atoms with Gasteiger partial charge in [-0.1, -0.05) is 73.5 Å². The summed E-state index contributed by atoms with van der Waals surface area (Å²) in [5, 5.41) is 6.69. The highest BCUT2D eigenvalue weighted by molar-refractivity contribution is 6.04. The lowest BCUT2D eigenvalue weighted by molar-refractivity contribution is -0.137. The smallest absolute Gasteiger partial charge is 0.243 e. The molecule has 3 heteroatoms. The Morgan fingerprint density at radius 2 is 1.68 bits per heavy atom. The predicted octanol–water partition coefficient (Wildman–Crippen LogP) is 5.82. The van der Waals surface area contributed by atoms with Crippen LogP contribution in [0.4, 0.5) is 0 Å². The molecule has 1 amide bonds. The lowest BCUT2D eigenvalue weighted by Crippen LogP contribution is -2.45. The van der Waals surface area contributed by atoms with Crippen LogP contribution in [-0.2, 0) is 11.2 Å². The molecular formula is C25H32N2O. The Labute approximate surface area is 169 Å². The Kier molecular flexibility index (Phi) is 6.33. The summed E-state index contributed by atoms with van der Waals surface area (Å²) in [6, 6.07) is 16.9. The van der Waals surface area contributed by atoms with Crippen LogP contribution in [0.5, 0.6) is 0 Å². The van der Waals surface area contributed by atoms with E-state index in [-0.39, 0.29) is 11.4 Å². The molecule has 0 saturated carbocycles. The highest BCUT2D eigenvalue weighted by Crippen LogP contribution is 2.36. The first-order valence-corrected chi connectivity index (χ1v) is 10.5. The van der Waals surface area contributed by atoms with E-state index in [4.69, 9.17) is 5.10 Å². The Morgan fingerprint density at radius 1 is 1.04 bits per heavy atom. The molecule has 1 heterocycles. The summed E-state index contributed by atoms with van der Waals surface area (Å²) in [4.78, 5) is 13.1. The molecule has 0 aliphatic carbocycles. The summed E-state index contributed by atoms with van der Waals surface area (Å²) in [5.41, 5.74) is 5.79. The Hall–Kier alpha value is -2.42. The molecule has 0 saturated heterocycles. The van der Waals surface area contributed by atoms with Crippen LogP contribution in [0.25, 0.3) is 0 Å². The molecule has 3 nitrogen and oxygen atoms in total. The maximum absolute atomic E-state index is 13.1. The topological polar surface area (TPSA) is 32.7 Å². The number of benzene rings is 2. The van der Waals surface area contributed by atoms with Gasteiger partial charge in [-0.15, -0.1) is 0 Å². The van der Waals surface area contributed by atoms with Crippen molar-refractivity contribution in [1.29, 1.82) is 0 Å². The molecule has 2 aromatic rings. The normalized spacial score (nSPS) is 15.6. The van der Waals surface area contributed by atoms with E-state index in [0.29, 0.717) is 6.42 Å². The third kappa shape index (κ3) is 4.35. The minimum Gasteiger partial charge on any atom is -0.273 e. The molecular weight excluding hydrogens is 344 g/mol. The number of hydrazone groups is 1. The van der Waals surface area contributed by atoms with Gasteiger partial charge >= 0.3 is 0 Å². The number of rotatable bonds is 7. The van der Waals surface area contributed by atoms with Crippen molar-refractivity contribution >= 4 is 11.6 Å². The zero-order valence-electron chi connectivity index (χ0n) is 17.7. The first-order chi connectivity index (χ1) is 13.5. The van der Waals surface area contributed by atoms with Gasteiger partial charge in [0.1, 0.15) is 0 Å². The minimum atomic E-state index is -0.184. The third-order valence-corrected chi connectivity index (χ3v) is 5.97. The van der Waals surface area contributed by atoms with Crippen molar-refractivity contribution < 1.29 is 4.79 Å². The van der Waals surface area contributed by atoms with E-state index >= 15 is 0 Å². The van der Waals surface area contributed by atoms with Crippen LogP contribution < -0.4 is 0 Å². The number of aryl methyl sites for hydroxylation is 3. The summed E-state index contributed by atoms with van der Waals surface area (Å²) in [6.07, 6.45) is 5.02. The van der Waals surface area contributed by atoms with Crippen LogP contribution in [0.15, 0.2) is 53.6 Å². The van der Waals surface area contributed by atoms with Crippen LogP contribution in [0.1, 0.15) is 68.2 Å². The second kappa shape index (κ2) is 8.72. The van der Waals surface area contributed by atoms with Gasteiger partial charge < -0.3 is 0 Å². The minimum absolute atomic E-state index is 0.152. The summed E-state index contributed by atoms with van der Waals surface area (Å²) >= 11 is 0. The van der Waals surface area contributed by atoms with Crippen molar-refractivity contribution in [2.24, 2.45) is 5.10 Å². The van der Waals surface area contributed by atoms with Crippen LogP contribution in [0.2, 0.25) is 0 Å². The molecule has 0 aromatic heterocycles. The Morgan fingerprint density at radius 3 is 2.29 bits per heavy atom. The molecule has 1 aliphatic rings. The largest absolute Gasteiger partial charge is 0.273 e. The molecule has 28 heavy (non-hydrogen) atoms. The molecule has 0 radical (unpaired) electrons. The molecule has 0 bridgehead atoms. The van der Waals surface area contributed by atoms with Crippen LogP contribution in [0.3, 0.4) is 0 Å². The number of carbonyl (C=O) groups excluding carboxylic acids is 1. The Bertz CT molecular complexity index is 830. The molecule has 1 aliphatic heterocycles. The Balaban J connectivity index is 1.77. The van der Waals surface area contributed by atoms with Crippen LogP contribution in [0, 0.1) is 13.8 Å². The molecule has 148 valence electrons. The lowest BCUT2D eigenvalue weighted by Gasteiger charge is -2.34. The van der Waals surface area contributed by atoms with E-state index in [9.17, 15) is 4.79 Å².